The van der Waals surface area contributed by atoms with Gasteiger partial charge in [0.1, 0.15) is 5.75 Å². The average molecular weight is 455 g/mol. The van der Waals surface area contributed by atoms with Gasteiger partial charge in [0.2, 0.25) is 0 Å². The Hall–Kier alpha value is -3.86. The van der Waals surface area contributed by atoms with Crippen molar-refractivity contribution in [2.24, 2.45) is 0 Å². The maximum atomic E-state index is 13.2. The summed E-state index contributed by atoms with van der Waals surface area (Å²) >= 11 is 0. The second-order valence-corrected chi connectivity index (χ2v) is 9.20. The number of ketones is 1. The van der Waals surface area contributed by atoms with E-state index in [1.165, 1.54) is 0 Å². The van der Waals surface area contributed by atoms with Gasteiger partial charge in [0.05, 0.1) is 7.11 Å². The first-order valence-corrected chi connectivity index (χ1v) is 11.5. The number of rotatable bonds is 7. The van der Waals surface area contributed by atoms with Crippen LogP contribution >= 0.6 is 0 Å². The van der Waals surface area contributed by atoms with Crippen molar-refractivity contribution in [1.29, 1.82) is 0 Å². The van der Waals surface area contributed by atoms with Crippen LogP contribution in [-0.2, 0) is 12.8 Å². The van der Waals surface area contributed by atoms with E-state index in [9.17, 15) is 9.59 Å². The molecule has 5 nitrogen and oxygen atoms in total. The minimum absolute atomic E-state index is 0.159. The Bertz CT molecular complexity index is 1230. The molecule has 0 bridgehead atoms. The normalized spacial score (nSPS) is 15.2. The summed E-state index contributed by atoms with van der Waals surface area (Å²) in [7, 11) is 1.63. The van der Waals surface area contributed by atoms with Crippen LogP contribution in [0.3, 0.4) is 0 Å². The van der Waals surface area contributed by atoms with Gasteiger partial charge in [0, 0.05) is 40.5 Å². The molecular formula is C29H30N2O3. The average Bonchev–Trinajstić information content (AvgIpc) is 2.84. The lowest BCUT2D eigenvalue weighted by Gasteiger charge is -2.35. The minimum atomic E-state index is -0.190. The molecule has 2 N–H and O–H groups in total. The number of ether oxygens (including phenoxy) is 1. The summed E-state index contributed by atoms with van der Waals surface area (Å²) in [6.07, 6.45) is 3.21. The van der Waals surface area contributed by atoms with Crippen LogP contribution in [0.5, 0.6) is 5.75 Å². The number of allylic oxidation sites excluding steroid dienone is 1. The first-order valence-electron chi connectivity index (χ1n) is 11.5. The number of benzene rings is 3. The largest absolute Gasteiger partial charge is 0.497 e. The maximum Gasteiger partial charge on any atom is 0.251 e. The molecule has 174 valence electrons. The van der Waals surface area contributed by atoms with E-state index >= 15 is 0 Å². The van der Waals surface area contributed by atoms with Crippen molar-refractivity contribution < 1.29 is 14.3 Å². The first kappa shape index (κ1) is 23.3. The molecule has 4 rings (SSSR count). The fourth-order valence-corrected chi connectivity index (χ4v) is 4.25. The molecule has 1 aliphatic rings. The van der Waals surface area contributed by atoms with Crippen molar-refractivity contribution in [3.05, 3.63) is 107 Å². The highest BCUT2D eigenvalue weighted by molar-refractivity contribution is 6.10. The molecule has 0 aliphatic carbocycles. The Morgan fingerprint density at radius 3 is 2.53 bits per heavy atom. The minimum Gasteiger partial charge on any atom is -0.497 e. The highest BCUT2D eigenvalue weighted by Crippen LogP contribution is 2.32. The molecule has 0 fully saturated rings. The maximum absolute atomic E-state index is 13.2. The van der Waals surface area contributed by atoms with Crippen LogP contribution in [0.1, 0.15) is 51.3 Å². The number of hydrogen-bond acceptors (Lipinski definition) is 4. The third-order valence-electron chi connectivity index (χ3n) is 5.94. The third-order valence-corrected chi connectivity index (χ3v) is 5.94. The SMILES string of the molecule is COc1ccc2c(c1)/C(=C/C(=O)c1cccc(C(=O)NCCc3ccccc3)c1)NC(C)(C)C2. The Morgan fingerprint density at radius 2 is 1.76 bits per heavy atom. The first-order chi connectivity index (χ1) is 16.3. The number of fused-ring (bicyclic) bond motifs is 1. The van der Waals surface area contributed by atoms with Crippen molar-refractivity contribution in [3.63, 3.8) is 0 Å². The summed E-state index contributed by atoms with van der Waals surface area (Å²) in [5.41, 5.74) is 4.80. The molecule has 3 aromatic rings. The molecule has 1 heterocycles. The molecule has 34 heavy (non-hydrogen) atoms. The van der Waals surface area contributed by atoms with E-state index in [2.05, 4.69) is 30.5 Å². The highest BCUT2D eigenvalue weighted by atomic mass is 16.5. The lowest BCUT2D eigenvalue weighted by atomic mass is 9.85. The number of hydrogen-bond donors (Lipinski definition) is 2. The standard InChI is InChI=1S/C29H30N2O3/c1-29(2)19-23-12-13-24(34-3)17-25(23)26(31-29)18-27(32)21-10-7-11-22(16-21)28(33)30-15-14-20-8-5-4-6-9-20/h4-13,16-18,31H,14-15,19H2,1-3H3,(H,30,33)/b26-18-. The lowest BCUT2D eigenvalue weighted by molar-refractivity contribution is 0.0954. The van der Waals surface area contributed by atoms with Crippen molar-refractivity contribution >= 4 is 17.4 Å². The summed E-state index contributed by atoms with van der Waals surface area (Å²) in [6, 6.07) is 22.8. The fraction of sp³-hybridized carbons (Fsp3) is 0.241. The van der Waals surface area contributed by atoms with Crippen LogP contribution in [-0.4, -0.2) is 30.9 Å². The van der Waals surface area contributed by atoms with Crippen LogP contribution in [0, 0.1) is 0 Å². The molecule has 1 aliphatic heterocycles. The summed E-state index contributed by atoms with van der Waals surface area (Å²) in [5, 5.41) is 6.43. The van der Waals surface area contributed by atoms with Gasteiger partial charge in [-0.1, -0.05) is 48.5 Å². The van der Waals surface area contributed by atoms with E-state index in [0.717, 1.165) is 41.0 Å². The van der Waals surface area contributed by atoms with Crippen LogP contribution in [0.15, 0.2) is 78.9 Å². The monoisotopic (exact) mass is 454 g/mol. The zero-order valence-electron chi connectivity index (χ0n) is 19.9. The second kappa shape index (κ2) is 9.96. The Kier molecular flexibility index (Phi) is 6.82. The highest BCUT2D eigenvalue weighted by Gasteiger charge is 2.28. The summed E-state index contributed by atoms with van der Waals surface area (Å²) in [6.45, 7) is 4.75. The zero-order valence-corrected chi connectivity index (χ0v) is 19.9. The van der Waals surface area contributed by atoms with Gasteiger partial charge >= 0.3 is 0 Å². The van der Waals surface area contributed by atoms with E-state index in [4.69, 9.17) is 4.74 Å². The quantitative estimate of drug-likeness (QED) is 0.397. The van der Waals surface area contributed by atoms with Gasteiger partial charge in [-0.15, -0.1) is 0 Å². The van der Waals surface area contributed by atoms with Crippen LogP contribution < -0.4 is 15.4 Å². The van der Waals surface area contributed by atoms with Crippen molar-refractivity contribution in [3.8, 4) is 5.75 Å². The molecule has 0 saturated heterocycles. The zero-order chi connectivity index (χ0) is 24.1. The Labute approximate surface area is 200 Å². The van der Waals surface area contributed by atoms with Crippen molar-refractivity contribution in [1.82, 2.24) is 10.6 Å². The van der Waals surface area contributed by atoms with Crippen molar-refractivity contribution in [2.45, 2.75) is 32.2 Å². The van der Waals surface area contributed by atoms with Gasteiger partial charge in [0.25, 0.3) is 5.91 Å². The number of nitrogens with one attached hydrogen (secondary N) is 2. The van der Waals surface area contributed by atoms with Crippen LogP contribution in [0.2, 0.25) is 0 Å². The van der Waals surface area contributed by atoms with Crippen LogP contribution in [0.25, 0.3) is 5.70 Å². The van der Waals surface area contributed by atoms with E-state index in [0.29, 0.717) is 17.7 Å². The third kappa shape index (κ3) is 5.54. The van der Waals surface area contributed by atoms with E-state index < -0.39 is 0 Å². The lowest BCUT2D eigenvalue weighted by Crippen LogP contribution is -2.43. The molecule has 0 atom stereocenters. The Balaban J connectivity index is 1.51. The molecule has 0 spiro atoms. The van der Waals surface area contributed by atoms with Crippen molar-refractivity contribution in [2.75, 3.05) is 13.7 Å². The number of amides is 1. The van der Waals surface area contributed by atoms with Crippen LogP contribution in [0.4, 0.5) is 0 Å². The summed E-state index contributed by atoms with van der Waals surface area (Å²) in [4.78, 5) is 25.8. The van der Waals surface area contributed by atoms with Gasteiger partial charge in [-0.3, -0.25) is 9.59 Å². The smallest absolute Gasteiger partial charge is 0.251 e. The second-order valence-electron chi connectivity index (χ2n) is 9.20. The molecule has 1 amide bonds. The van der Waals surface area contributed by atoms with Gasteiger partial charge in [-0.05, 0) is 62.1 Å². The topological polar surface area (TPSA) is 67.4 Å². The number of carbonyl (C=O) groups is 2. The molecule has 0 saturated carbocycles. The number of carbonyl (C=O) groups excluding carboxylic acids is 2. The molecule has 5 heteroatoms. The fourth-order valence-electron chi connectivity index (χ4n) is 4.25. The summed E-state index contributed by atoms with van der Waals surface area (Å²) < 4.78 is 5.39. The molecule has 0 aromatic heterocycles. The van der Waals surface area contributed by atoms with E-state index in [1.54, 1.807) is 37.5 Å². The predicted octanol–water partition coefficient (Wildman–Crippen LogP) is 4.82. The molecular weight excluding hydrogens is 424 g/mol. The van der Waals surface area contributed by atoms with E-state index in [1.807, 2.05) is 42.5 Å². The predicted molar refractivity (Wildman–Crippen MR) is 135 cm³/mol. The van der Waals surface area contributed by atoms with Gasteiger partial charge in [0.15, 0.2) is 5.78 Å². The number of methoxy groups -OCH3 is 1. The molecule has 0 radical (unpaired) electrons. The van der Waals surface area contributed by atoms with E-state index in [-0.39, 0.29) is 17.2 Å². The summed E-state index contributed by atoms with van der Waals surface area (Å²) in [5.74, 6) is 0.394. The van der Waals surface area contributed by atoms with Gasteiger partial charge < -0.3 is 15.4 Å². The van der Waals surface area contributed by atoms with Gasteiger partial charge in [-0.25, -0.2) is 0 Å². The molecule has 0 unspecified atom stereocenters. The Morgan fingerprint density at radius 1 is 1.00 bits per heavy atom. The molecule has 3 aromatic carbocycles. The van der Waals surface area contributed by atoms with Gasteiger partial charge in [-0.2, -0.15) is 0 Å².